The van der Waals surface area contributed by atoms with Gasteiger partial charge in [0.2, 0.25) is 0 Å². The molecule has 0 saturated carbocycles. The van der Waals surface area contributed by atoms with Gasteiger partial charge in [0.1, 0.15) is 16.8 Å². The highest BCUT2D eigenvalue weighted by Gasteiger charge is 2.31. The summed E-state index contributed by atoms with van der Waals surface area (Å²) in [5.74, 6) is -0.895. The van der Waals surface area contributed by atoms with Crippen molar-refractivity contribution in [1.82, 2.24) is 21.3 Å². The van der Waals surface area contributed by atoms with Crippen LogP contribution in [0.5, 0.6) is 0 Å². The molecule has 0 aliphatic carbocycles. The number of fused-ring (bicyclic) bond motifs is 1. The van der Waals surface area contributed by atoms with Crippen LogP contribution in [0.2, 0.25) is 0 Å². The van der Waals surface area contributed by atoms with E-state index in [4.69, 9.17) is 14.2 Å². The molecule has 246 valence electrons. The second-order valence-electron chi connectivity index (χ2n) is 13.9. The number of hydrogen-bond donors (Lipinski definition) is 4. The standard InChI is InChI=1S/C32H50N4O8/c1-30(2,3)42-27(39)33-18-10-12-20-14-16-23-24(26(38)36-25(23)37)22(20)17-15-21(35-29(41)44-32(7,8)9)13-11-19-34-28(40)43-31(4,5)6/h14,16,21H,10-13,15,17-19H2,1-9H3,(H,33,39)(H,34,40)(H,35,41)(H,36,37,38). The molecule has 0 aromatic heterocycles. The maximum Gasteiger partial charge on any atom is 0.407 e. The monoisotopic (exact) mass is 618 g/mol. The molecule has 1 aliphatic heterocycles. The van der Waals surface area contributed by atoms with E-state index in [1.165, 1.54) is 0 Å². The van der Waals surface area contributed by atoms with Crippen LogP contribution in [0, 0.1) is 0 Å². The van der Waals surface area contributed by atoms with Gasteiger partial charge in [-0.1, -0.05) is 6.07 Å². The minimum Gasteiger partial charge on any atom is -0.444 e. The number of alkyl carbamates (subject to hydrolysis) is 3. The van der Waals surface area contributed by atoms with E-state index in [-0.39, 0.29) is 6.04 Å². The van der Waals surface area contributed by atoms with E-state index in [0.717, 1.165) is 11.1 Å². The number of carbonyl (C=O) groups is 5. The zero-order chi connectivity index (χ0) is 33.3. The number of rotatable bonds is 12. The molecule has 0 fully saturated rings. The summed E-state index contributed by atoms with van der Waals surface area (Å²) in [6.45, 7) is 16.8. The lowest BCUT2D eigenvalue weighted by Gasteiger charge is -2.24. The van der Waals surface area contributed by atoms with Gasteiger partial charge >= 0.3 is 18.3 Å². The first-order chi connectivity index (χ1) is 20.2. The smallest absolute Gasteiger partial charge is 0.407 e. The molecular formula is C32H50N4O8. The van der Waals surface area contributed by atoms with Crippen molar-refractivity contribution in [3.63, 3.8) is 0 Å². The van der Waals surface area contributed by atoms with Crippen LogP contribution in [0.25, 0.3) is 0 Å². The Bertz CT molecular complexity index is 1210. The highest BCUT2D eigenvalue weighted by Crippen LogP contribution is 2.27. The molecule has 0 spiro atoms. The molecule has 1 heterocycles. The molecular weight excluding hydrogens is 568 g/mol. The Labute approximate surface area is 260 Å². The maximum absolute atomic E-state index is 12.8. The van der Waals surface area contributed by atoms with Crippen LogP contribution >= 0.6 is 0 Å². The summed E-state index contributed by atoms with van der Waals surface area (Å²) in [5.41, 5.74) is 0.360. The van der Waals surface area contributed by atoms with Crippen molar-refractivity contribution in [1.29, 1.82) is 0 Å². The third-order valence-electron chi connectivity index (χ3n) is 6.26. The summed E-state index contributed by atoms with van der Waals surface area (Å²) in [6, 6.07) is 3.14. The average molecular weight is 619 g/mol. The predicted octanol–water partition coefficient (Wildman–Crippen LogP) is 5.16. The fourth-order valence-corrected chi connectivity index (χ4v) is 4.61. The Balaban J connectivity index is 2.15. The van der Waals surface area contributed by atoms with Gasteiger partial charge in [-0.05, 0) is 118 Å². The Morgan fingerprint density at radius 1 is 0.705 bits per heavy atom. The van der Waals surface area contributed by atoms with E-state index >= 15 is 0 Å². The van der Waals surface area contributed by atoms with Crippen molar-refractivity contribution in [3.8, 4) is 0 Å². The van der Waals surface area contributed by atoms with Crippen molar-refractivity contribution < 1.29 is 38.2 Å². The molecule has 1 atom stereocenters. The molecule has 0 saturated heterocycles. The fraction of sp³-hybridized carbons (Fsp3) is 0.656. The molecule has 0 radical (unpaired) electrons. The predicted molar refractivity (Wildman–Crippen MR) is 166 cm³/mol. The van der Waals surface area contributed by atoms with E-state index in [0.29, 0.717) is 62.7 Å². The zero-order valence-electron chi connectivity index (χ0n) is 27.7. The molecule has 1 aromatic carbocycles. The van der Waals surface area contributed by atoms with Crippen molar-refractivity contribution in [2.75, 3.05) is 13.1 Å². The molecule has 0 bridgehead atoms. The summed E-state index contributed by atoms with van der Waals surface area (Å²) in [4.78, 5) is 62.0. The second kappa shape index (κ2) is 15.3. The molecule has 1 unspecified atom stereocenters. The van der Waals surface area contributed by atoms with E-state index in [9.17, 15) is 24.0 Å². The van der Waals surface area contributed by atoms with Gasteiger partial charge in [-0.15, -0.1) is 0 Å². The Morgan fingerprint density at radius 3 is 1.77 bits per heavy atom. The summed E-state index contributed by atoms with van der Waals surface area (Å²) in [5, 5.41) is 10.8. The summed E-state index contributed by atoms with van der Waals surface area (Å²) in [6.07, 6.45) is 1.46. The maximum atomic E-state index is 12.8. The second-order valence-corrected chi connectivity index (χ2v) is 13.9. The summed E-state index contributed by atoms with van der Waals surface area (Å²) in [7, 11) is 0. The van der Waals surface area contributed by atoms with E-state index < -0.39 is 46.9 Å². The average Bonchev–Trinajstić information content (AvgIpc) is 3.13. The lowest BCUT2D eigenvalue weighted by Crippen LogP contribution is -2.40. The van der Waals surface area contributed by atoms with Gasteiger partial charge in [-0.2, -0.15) is 0 Å². The lowest BCUT2D eigenvalue weighted by molar-refractivity contribution is 0.0485. The Morgan fingerprint density at radius 2 is 1.23 bits per heavy atom. The minimum absolute atomic E-state index is 0.318. The van der Waals surface area contributed by atoms with Crippen LogP contribution in [-0.2, 0) is 27.1 Å². The third kappa shape index (κ3) is 13.2. The molecule has 5 amide bonds. The molecule has 1 aromatic rings. The zero-order valence-corrected chi connectivity index (χ0v) is 27.7. The first-order valence-corrected chi connectivity index (χ1v) is 15.2. The van der Waals surface area contributed by atoms with E-state index in [1.54, 1.807) is 68.4 Å². The quantitative estimate of drug-likeness (QED) is 0.142. The molecule has 1 aliphatic rings. The summed E-state index contributed by atoms with van der Waals surface area (Å²) < 4.78 is 16.0. The van der Waals surface area contributed by atoms with Gasteiger partial charge in [-0.3, -0.25) is 14.9 Å². The van der Waals surface area contributed by atoms with Gasteiger partial charge in [-0.25, -0.2) is 14.4 Å². The molecule has 12 nitrogen and oxygen atoms in total. The largest absolute Gasteiger partial charge is 0.444 e. The summed E-state index contributed by atoms with van der Waals surface area (Å²) >= 11 is 0. The van der Waals surface area contributed by atoms with Gasteiger partial charge < -0.3 is 30.2 Å². The third-order valence-corrected chi connectivity index (χ3v) is 6.26. The highest BCUT2D eigenvalue weighted by atomic mass is 16.6. The molecule has 4 N–H and O–H groups in total. The molecule has 12 heteroatoms. The number of benzene rings is 1. The fourth-order valence-electron chi connectivity index (χ4n) is 4.61. The SMILES string of the molecule is CC(C)(C)OC(=O)NCCCc1ccc2c(c1CCC(CCCNC(=O)OC(C)(C)C)NC(=O)OC(C)(C)C)C(=O)NC2=O. The van der Waals surface area contributed by atoms with Crippen LogP contribution in [-0.4, -0.2) is 66.0 Å². The Hall–Kier alpha value is -3.83. The van der Waals surface area contributed by atoms with Crippen LogP contribution in [0.4, 0.5) is 14.4 Å². The molecule has 2 rings (SSSR count). The van der Waals surface area contributed by atoms with Gasteiger partial charge in [0, 0.05) is 19.1 Å². The number of aryl methyl sites for hydroxylation is 1. The van der Waals surface area contributed by atoms with Crippen LogP contribution in [0.1, 0.15) is 120 Å². The van der Waals surface area contributed by atoms with Gasteiger partial charge in [0.15, 0.2) is 0 Å². The minimum atomic E-state index is -0.688. The molecule has 44 heavy (non-hydrogen) atoms. The number of carbonyl (C=O) groups excluding carboxylic acids is 5. The van der Waals surface area contributed by atoms with Crippen molar-refractivity contribution in [2.45, 2.75) is 124 Å². The van der Waals surface area contributed by atoms with Crippen LogP contribution in [0.15, 0.2) is 12.1 Å². The first kappa shape index (κ1) is 36.4. The van der Waals surface area contributed by atoms with E-state index in [1.807, 2.05) is 6.07 Å². The topological polar surface area (TPSA) is 161 Å². The van der Waals surface area contributed by atoms with Crippen LogP contribution in [0.3, 0.4) is 0 Å². The van der Waals surface area contributed by atoms with Gasteiger partial charge in [0.05, 0.1) is 11.1 Å². The first-order valence-electron chi connectivity index (χ1n) is 15.2. The highest BCUT2D eigenvalue weighted by molar-refractivity contribution is 6.22. The number of nitrogens with one attached hydrogen (secondary N) is 4. The number of hydrogen-bond acceptors (Lipinski definition) is 8. The lowest BCUT2D eigenvalue weighted by atomic mass is 9.90. The van der Waals surface area contributed by atoms with Crippen molar-refractivity contribution in [3.05, 3.63) is 34.4 Å². The number of imide groups is 1. The number of ether oxygens (including phenoxy) is 3. The van der Waals surface area contributed by atoms with Gasteiger partial charge in [0.25, 0.3) is 11.8 Å². The van der Waals surface area contributed by atoms with E-state index in [2.05, 4.69) is 21.3 Å². The number of amides is 5. The van der Waals surface area contributed by atoms with Crippen LogP contribution < -0.4 is 21.3 Å². The van der Waals surface area contributed by atoms with Crippen molar-refractivity contribution >= 4 is 30.1 Å². The Kier molecular flexibility index (Phi) is 12.6. The normalized spacial score (nSPS) is 13.8. The van der Waals surface area contributed by atoms with Crippen molar-refractivity contribution in [2.24, 2.45) is 0 Å².